The lowest BCUT2D eigenvalue weighted by Crippen LogP contribution is -2.51. The molecule has 2 rings (SSSR count). The van der Waals surface area contributed by atoms with Gasteiger partial charge in [-0.25, -0.2) is 0 Å². The van der Waals surface area contributed by atoms with Crippen molar-refractivity contribution < 1.29 is 9.84 Å². The van der Waals surface area contributed by atoms with Crippen LogP contribution in [0.2, 0.25) is 19.6 Å². The number of hydrogen-bond donors (Lipinski definition) is 1. The Morgan fingerprint density at radius 2 is 1.50 bits per heavy atom. The molecule has 0 saturated heterocycles. The summed E-state index contributed by atoms with van der Waals surface area (Å²) in [6.07, 6.45) is 1.27. The lowest BCUT2D eigenvalue weighted by Gasteiger charge is -2.34. The Hall–Kier alpha value is -1.86. The first kappa shape index (κ1) is 20.4. The van der Waals surface area contributed by atoms with Crippen molar-refractivity contribution in [3.63, 3.8) is 0 Å². The van der Waals surface area contributed by atoms with Gasteiger partial charge in [0, 0.05) is 0 Å². The molecule has 0 aliphatic carbocycles. The minimum absolute atomic E-state index is 0.213. The lowest BCUT2D eigenvalue weighted by molar-refractivity contribution is 0.0891. The van der Waals surface area contributed by atoms with Crippen molar-refractivity contribution in [2.24, 2.45) is 0 Å². The Balaban J connectivity index is 2.01. The minimum atomic E-state index is -1.89. The summed E-state index contributed by atoms with van der Waals surface area (Å²) >= 11 is 0. The molecule has 2 aromatic rings. The molecule has 0 spiro atoms. The van der Waals surface area contributed by atoms with Crippen LogP contribution >= 0.6 is 0 Å². The van der Waals surface area contributed by atoms with E-state index in [1.807, 2.05) is 55.5 Å². The standard InChI is InChI=1S/C23H30O2Si/c1-20(25-19-22-13-9-6-10-14-22)15-17-23(24,26(2,3)4)18-16-21-11-7-5-8-12-21/h5-14,20,24H,16,18-19H2,1-4H3. The highest BCUT2D eigenvalue weighted by Crippen LogP contribution is 2.26. The van der Waals surface area contributed by atoms with E-state index in [2.05, 4.69) is 43.6 Å². The fraction of sp³-hybridized carbons (Fsp3) is 0.391. The van der Waals surface area contributed by atoms with Crippen molar-refractivity contribution in [2.45, 2.75) is 57.3 Å². The van der Waals surface area contributed by atoms with Crippen LogP contribution in [0.1, 0.15) is 24.5 Å². The molecule has 0 amide bonds. The van der Waals surface area contributed by atoms with E-state index >= 15 is 0 Å². The van der Waals surface area contributed by atoms with Gasteiger partial charge in [-0.2, -0.15) is 0 Å². The van der Waals surface area contributed by atoms with E-state index < -0.39 is 13.3 Å². The summed E-state index contributed by atoms with van der Waals surface area (Å²) < 4.78 is 5.83. The monoisotopic (exact) mass is 366 g/mol. The highest BCUT2D eigenvalue weighted by Gasteiger charge is 2.39. The molecule has 0 bridgehead atoms. The van der Waals surface area contributed by atoms with Gasteiger partial charge < -0.3 is 9.84 Å². The molecular formula is C23H30O2Si. The van der Waals surface area contributed by atoms with Crippen LogP contribution < -0.4 is 0 Å². The third-order valence-electron chi connectivity index (χ3n) is 4.68. The van der Waals surface area contributed by atoms with E-state index in [-0.39, 0.29) is 6.10 Å². The maximum Gasteiger partial charge on any atom is 0.115 e. The summed E-state index contributed by atoms with van der Waals surface area (Å²) in [5.41, 5.74) is 2.37. The molecule has 1 N–H and O–H groups in total. The number of aliphatic hydroxyl groups is 1. The van der Waals surface area contributed by atoms with E-state index in [1.54, 1.807) is 0 Å². The number of rotatable bonds is 7. The number of ether oxygens (including phenoxy) is 1. The average molecular weight is 367 g/mol. The van der Waals surface area contributed by atoms with Crippen LogP contribution in [0.3, 0.4) is 0 Å². The molecule has 0 aliphatic heterocycles. The summed E-state index contributed by atoms with van der Waals surface area (Å²) in [7, 11) is -1.89. The number of hydrogen-bond acceptors (Lipinski definition) is 2. The van der Waals surface area contributed by atoms with Crippen LogP contribution in [0.5, 0.6) is 0 Å². The van der Waals surface area contributed by atoms with Crippen molar-refractivity contribution in [1.82, 2.24) is 0 Å². The molecule has 2 unspecified atom stereocenters. The number of aryl methyl sites for hydroxylation is 1. The molecule has 2 aromatic carbocycles. The first-order valence-electron chi connectivity index (χ1n) is 9.25. The number of benzene rings is 2. The largest absolute Gasteiger partial charge is 0.381 e. The van der Waals surface area contributed by atoms with Crippen LogP contribution in [-0.2, 0) is 17.8 Å². The van der Waals surface area contributed by atoms with Gasteiger partial charge in [0.25, 0.3) is 0 Å². The predicted molar refractivity (Wildman–Crippen MR) is 112 cm³/mol. The highest BCUT2D eigenvalue weighted by molar-refractivity contribution is 6.79. The van der Waals surface area contributed by atoms with Crippen molar-refractivity contribution in [2.75, 3.05) is 0 Å². The minimum Gasteiger partial charge on any atom is -0.381 e. The second-order valence-corrected chi connectivity index (χ2v) is 13.1. The molecule has 3 heteroatoms. The molecule has 0 aliphatic rings. The van der Waals surface area contributed by atoms with Gasteiger partial charge in [-0.15, -0.1) is 0 Å². The zero-order chi connectivity index (χ0) is 19.0. The topological polar surface area (TPSA) is 29.5 Å². The Morgan fingerprint density at radius 3 is 2.04 bits per heavy atom. The van der Waals surface area contributed by atoms with E-state index in [9.17, 15) is 5.11 Å². The molecule has 0 aromatic heterocycles. The van der Waals surface area contributed by atoms with Gasteiger partial charge in [-0.05, 0) is 30.9 Å². The van der Waals surface area contributed by atoms with Gasteiger partial charge in [0.1, 0.15) is 11.3 Å². The maximum atomic E-state index is 11.3. The fourth-order valence-corrected chi connectivity index (χ4v) is 3.98. The molecular weight excluding hydrogens is 336 g/mol. The average Bonchev–Trinajstić information content (AvgIpc) is 2.64. The summed E-state index contributed by atoms with van der Waals surface area (Å²) in [6.45, 7) is 8.98. The normalized spacial score (nSPS) is 14.8. The second-order valence-electron chi connectivity index (χ2n) is 7.80. The summed E-state index contributed by atoms with van der Waals surface area (Å²) in [6, 6.07) is 20.4. The molecule has 0 radical (unpaired) electrons. The SMILES string of the molecule is CC(C#CC(O)(CCc1ccccc1)[Si](C)(C)C)OCc1ccccc1. The van der Waals surface area contributed by atoms with Gasteiger partial charge in [-0.3, -0.25) is 0 Å². The van der Waals surface area contributed by atoms with Crippen LogP contribution in [0.4, 0.5) is 0 Å². The Bertz CT molecular complexity index is 726. The fourth-order valence-electron chi connectivity index (χ4n) is 2.65. The molecule has 0 heterocycles. The molecule has 138 valence electrons. The summed E-state index contributed by atoms with van der Waals surface area (Å²) in [5.74, 6) is 6.33. The smallest absolute Gasteiger partial charge is 0.115 e. The Labute approximate surface area is 159 Å². The van der Waals surface area contributed by atoms with Crippen LogP contribution in [0.25, 0.3) is 0 Å². The second kappa shape index (κ2) is 9.18. The first-order chi connectivity index (χ1) is 12.3. The quantitative estimate of drug-likeness (QED) is 0.561. The molecule has 2 nitrogen and oxygen atoms in total. The lowest BCUT2D eigenvalue weighted by atomic mass is 10.1. The van der Waals surface area contributed by atoms with Gasteiger partial charge in [-0.1, -0.05) is 92.1 Å². The molecule has 0 saturated carbocycles. The highest BCUT2D eigenvalue weighted by atomic mass is 28.3. The van der Waals surface area contributed by atoms with Crippen molar-refractivity contribution in [3.05, 3.63) is 71.8 Å². The zero-order valence-electron chi connectivity index (χ0n) is 16.3. The van der Waals surface area contributed by atoms with Crippen molar-refractivity contribution in [3.8, 4) is 11.8 Å². The third kappa shape index (κ3) is 6.14. The van der Waals surface area contributed by atoms with Crippen molar-refractivity contribution in [1.29, 1.82) is 0 Å². The van der Waals surface area contributed by atoms with E-state index in [0.717, 1.165) is 12.0 Å². The van der Waals surface area contributed by atoms with E-state index in [0.29, 0.717) is 13.0 Å². The first-order valence-corrected chi connectivity index (χ1v) is 12.7. The van der Waals surface area contributed by atoms with E-state index in [4.69, 9.17) is 4.74 Å². The predicted octanol–water partition coefficient (Wildman–Crippen LogP) is 4.84. The van der Waals surface area contributed by atoms with Gasteiger partial charge >= 0.3 is 0 Å². The van der Waals surface area contributed by atoms with Crippen molar-refractivity contribution >= 4 is 8.07 Å². The Kier molecular flexibility index (Phi) is 7.22. The molecule has 2 atom stereocenters. The maximum absolute atomic E-state index is 11.3. The zero-order valence-corrected chi connectivity index (χ0v) is 17.3. The van der Waals surface area contributed by atoms with Crippen LogP contribution in [-0.4, -0.2) is 24.5 Å². The van der Waals surface area contributed by atoms with Gasteiger partial charge in [0.05, 0.1) is 14.7 Å². The van der Waals surface area contributed by atoms with E-state index in [1.165, 1.54) is 5.56 Å². The third-order valence-corrected chi connectivity index (χ3v) is 7.54. The van der Waals surface area contributed by atoms with Crippen LogP contribution in [0.15, 0.2) is 60.7 Å². The summed E-state index contributed by atoms with van der Waals surface area (Å²) in [4.78, 5) is 0. The summed E-state index contributed by atoms with van der Waals surface area (Å²) in [5, 5.41) is 10.4. The molecule has 0 fully saturated rings. The van der Waals surface area contributed by atoms with Gasteiger partial charge in [0.15, 0.2) is 0 Å². The Morgan fingerprint density at radius 1 is 0.962 bits per heavy atom. The van der Waals surface area contributed by atoms with Gasteiger partial charge in [0.2, 0.25) is 0 Å². The van der Waals surface area contributed by atoms with Crippen LogP contribution in [0, 0.1) is 11.8 Å². The molecule has 26 heavy (non-hydrogen) atoms.